The van der Waals surface area contributed by atoms with E-state index < -0.39 is 12.0 Å². The zero-order valence-corrected chi connectivity index (χ0v) is 11.7. The lowest BCUT2D eigenvalue weighted by Gasteiger charge is -2.33. The Morgan fingerprint density at radius 1 is 1.16 bits per heavy atom. The van der Waals surface area contributed by atoms with Crippen molar-refractivity contribution in [2.24, 2.45) is 0 Å². The maximum absolute atomic E-state index is 12.2. The van der Waals surface area contributed by atoms with E-state index in [0.29, 0.717) is 25.4 Å². The van der Waals surface area contributed by atoms with E-state index in [2.05, 4.69) is 11.9 Å². The number of aliphatic carboxylic acids is 1. The number of nitrogens with zero attached hydrogens (tertiary/aromatic N) is 2. The quantitative estimate of drug-likeness (QED) is 0.835. The molecule has 2 saturated heterocycles. The van der Waals surface area contributed by atoms with Crippen LogP contribution in [-0.2, 0) is 9.59 Å². The number of piperidine rings is 1. The number of hydrogen-bond acceptors (Lipinski definition) is 3. The smallest absolute Gasteiger partial charge is 0.326 e. The van der Waals surface area contributed by atoms with Crippen LogP contribution in [0.1, 0.15) is 44.9 Å². The van der Waals surface area contributed by atoms with E-state index in [9.17, 15) is 9.59 Å². The van der Waals surface area contributed by atoms with E-state index in [1.807, 2.05) is 0 Å². The summed E-state index contributed by atoms with van der Waals surface area (Å²) < 4.78 is 0. The predicted molar refractivity (Wildman–Crippen MR) is 71.9 cm³/mol. The molecule has 5 nitrogen and oxygen atoms in total. The van der Waals surface area contributed by atoms with Crippen molar-refractivity contribution in [3.63, 3.8) is 0 Å². The lowest BCUT2D eigenvalue weighted by Crippen LogP contribution is -2.42. The average molecular weight is 268 g/mol. The lowest BCUT2D eigenvalue weighted by atomic mass is 9.98. The van der Waals surface area contributed by atoms with Gasteiger partial charge in [0, 0.05) is 19.0 Å². The monoisotopic (exact) mass is 268 g/mol. The van der Waals surface area contributed by atoms with Crippen molar-refractivity contribution in [3.8, 4) is 0 Å². The standard InChI is InChI=1S/C14H24N2O3/c1-15-9-3-2-5-11(15)7-8-13(17)16-10-4-6-12(16)14(18)19/h11-12H,2-10H2,1H3,(H,18,19)/t11?,12-/m0/s1. The molecule has 2 fully saturated rings. The Kier molecular flexibility index (Phi) is 4.80. The molecule has 0 aromatic carbocycles. The molecular formula is C14H24N2O3. The first-order valence-corrected chi connectivity index (χ1v) is 7.32. The van der Waals surface area contributed by atoms with Gasteiger partial charge in [0.15, 0.2) is 0 Å². The molecule has 108 valence electrons. The van der Waals surface area contributed by atoms with E-state index in [-0.39, 0.29) is 5.91 Å². The molecule has 0 spiro atoms. The van der Waals surface area contributed by atoms with E-state index >= 15 is 0 Å². The first-order valence-electron chi connectivity index (χ1n) is 7.32. The highest BCUT2D eigenvalue weighted by atomic mass is 16.4. The van der Waals surface area contributed by atoms with Gasteiger partial charge >= 0.3 is 5.97 Å². The molecule has 0 aromatic heterocycles. The molecule has 1 amide bonds. The van der Waals surface area contributed by atoms with Crippen LogP contribution in [0.25, 0.3) is 0 Å². The molecule has 19 heavy (non-hydrogen) atoms. The number of carbonyl (C=O) groups is 2. The van der Waals surface area contributed by atoms with E-state index in [4.69, 9.17) is 5.11 Å². The van der Waals surface area contributed by atoms with Gasteiger partial charge in [-0.1, -0.05) is 6.42 Å². The van der Waals surface area contributed by atoms with Crippen LogP contribution in [0, 0.1) is 0 Å². The normalized spacial score (nSPS) is 28.6. The fourth-order valence-corrected chi connectivity index (χ4v) is 3.26. The third kappa shape index (κ3) is 3.47. The summed E-state index contributed by atoms with van der Waals surface area (Å²) in [6, 6.07) is -0.0971. The Morgan fingerprint density at radius 2 is 1.95 bits per heavy atom. The molecule has 0 bridgehead atoms. The maximum Gasteiger partial charge on any atom is 0.326 e. The summed E-state index contributed by atoms with van der Waals surface area (Å²) in [4.78, 5) is 27.1. The zero-order chi connectivity index (χ0) is 13.8. The molecule has 1 N–H and O–H groups in total. The van der Waals surface area contributed by atoms with Crippen molar-refractivity contribution >= 4 is 11.9 Å². The van der Waals surface area contributed by atoms with Gasteiger partial charge in [-0.3, -0.25) is 4.79 Å². The minimum absolute atomic E-state index is 0.0175. The third-order valence-corrected chi connectivity index (χ3v) is 4.47. The van der Waals surface area contributed by atoms with Crippen LogP contribution in [0.4, 0.5) is 0 Å². The fourth-order valence-electron chi connectivity index (χ4n) is 3.26. The average Bonchev–Trinajstić information content (AvgIpc) is 2.87. The SMILES string of the molecule is CN1CCCCC1CCC(=O)N1CCC[C@H]1C(=O)O. The Balaban J connectivity index is 1.82. The highest BCUT2D eigenvalue weighted by Crippen LogP contribution is 2.22. The highest BCUT2D eigenvalue weighted by Gasteiger charge is 2.34. The van der Waals surface area contributed by atoms with E-state index in [1.54, 1.807) is 4.90 Å². The van der Waals surface area contributed by atoms with Gasteiger partial charge < -0.3 is 14.9 Å². The molecule has 0 aromatic rings. The summed E-state index contributed by atoms with van der Waals surface area (Å²) >= 11 is 0. The van der Waals surface area contributed by atoms with E-state index in [0.717, 1.165) is 25.8 Å². The number of carbonyl (C=O) groups excluding carboxylic acids is 1. The minimum atomic E-state index is -0.861. The van der Waals surface area contributed by atoms with Crippen molar-refractivity contribution < 1.29 is 14.7 Å². The second kappa shape index (κ2) is 6.37. The summed E-state index contributed by atoms with van der Waals surface area (Å²) in [7, 11) is 2.12. The maximum atomic E-state index is 12.2. The molecule has 2 rings (SSSR count). The highest BCUT2D eigenvalue weighted by molar-refractivity contribution is 5.84. The van der Waals surface area contributed by atoms with Crippen LogP contribution in [0.3, 0.4) is 0 Å². The van der Waals surface area contributed by atoms with Gasteiger partial charge in [-0.05, 0) is 45.7 Å². The van der Waals surface area contributed by atoms with Crippen LogP contribution in [0.2, 0.25) is 0 Å². The van der Waals surface area contributed by atoms with Gasteiger partial charge in [0.1, 0.15) is 6.04 Å². The number of rotatable bonds is 4. The van der Waals surface area contributed by atoms with Crippen LogP contribution in [-0.4, -0.2) is 59.0 Å². The largest absolute Gasteiger partial charge is 0.480 e. The Bertz CT molecular complexity index is 346. The summed E-state index contributed by atoms with van der Waals surface area (Å²) in [6.07, 6.45) is 6.40. The number of carboxylic acid groups (broad SMARTS) is 1. The second-order valence-corrected chi connectivity index (χ2v) is 5.75. The molecule has 1 unspecified atom stereocenters. The molecule has 2 atom stereocenters. The number of hydrogen-bond donors (Lipinski definition) is 1. The molecule has 2 heterocycles. The van der Waals surface area contributed by atoms with Gasteiger partial charge in [-0.25, -0.2) is 4.79 Å². The van der Waals surface area contributed by atoms with Gasteiger partial charge in [0.25, 0.3) is 0 Å². The van der Waals surface area contributed by atoms with E-state index in [1.165, 1.54) is 12.8 Å². The van der Waals surface area contributed by atoms with Crippen molar-refractivity contribution in [2.45, 2.75) is 57.0 Å². The predicted octanol–water partition coefficient (Wildman–Crippen LogP) is 1.33. The molecule has 0 radical (unpaired) electrons. The summed E-state index contributed by atoms with van der Waals surface area (Å²) in [6.45, 7) is 1.72. The van der Waals surface area contributed by atoms with Crippen molar-refractivity contribution in [3.05, 3.63) is 0 Å². The fraction of sp³-hybridized carbons (Fsp3) is 0.857. The molecule has 2 aliphatic heterocycles. The summed E-state index contributed by atoms with van der Waals surface area (Å²) in [5.41, 5.74) is 0. The molecule has 0 saturated carbocycles. The number of likely N-dealkylation sites (tertiary alicyclic amines) is 2. The Hall–Kier alpha value is -1.10. The van der Waals surface area contributed by atoms with Crippen molar-refractivity contribution in [1.82, 2.24) is 9.80 Å². The minimum Gasteiger partial charge on any atom is -0.480 e. The number of amides is 1. The molecular weight excluding hydrogens is 244 g/mol. The van der Waals surface area contributed by atoms with Crippen LogP contribution >= 0.6 is 0 Å². The first-order chi connectivity index (χ1) is 9.09. The van der Waals surface area contributed by atoms with Crippen molar-refractivity contribution in [2.75, 3.05) is 20.1 Å². The Labute approximate surface area is 114 Å². The lowest BCUT2D eigenvalue weighted by molar-refractivity contribution is -0.148. The third-order valence-electron chi connectivity index (χ3n) is 4.47. The van der Waals surface area contributed by atoms with Crippen LogP contribution in [0.5, 0.6) is 0 Å². The first kappa shape index (κ1) is 14.3. The number of carboxylic acids is 1. The van der Waals surface area contributed by atoms with Crippen LogP contribution < -0.4 is 0 Å². The molecule has 0 aliphatic carbocycles. The van der Waals surface area contributed by atoms with Gasteiger partial charge in [0.05, 0.1) is 0 Å². The van der Waals surface area contributed by atoms with Gasteiger partial charge in [-0.2, -0.15) is 0 Å². The Morgan fingerprint density at radius 3 is 2.63 bits per heavy atom. The summed E-state index contributed by atoms with van der Waals surface area (Å²) in [5, 5.41) is 9.09. The zero-order valence-electron chi connectivity index (χ0n) is 11.7. The summed E-state index contributed by atoms with van der Waals surface area (Å²) in [5.74, 6) is -0.843. The van der Waals surface area contributed by atoms with Gasteiger partial charge in [-0.15, -0.1) is 0 Å². The van der Waals surface area contributed by atoms with Crippen LogP contribution in [0.15, 0.2) is 0 Å². The van der Waals surface area contributed by atoms with Crippen molar-refractivity contribution in [1.29, 1.82) is 0 Å². The molecule has 5 heteroatoms. The van der Waals surface area contributed by atoms with Gasteiger partial charge in [0.2, 0.25) is 5.91 Å². The second-order valence-electron chi connectivity index (χ2n) is 5.75. The topological polar surface area (TPSA) is 60.9 Å². The molecule has 2 aliphatic rings.